The van der Waals surface area contributed by atoms with Crippen molar-refractivity contribution in [3.8, 4) is 0 Å². The first-order valence-corrected chi connectivity index (χ1v) is 9.77. The quantitative estimate of drug-likeness (QED) is 0.865. The summed E-state index contributed by atoms with van der Waals surface area (Å²) < 4.78 is 26.7. The third-order valence-electron chi connectivity index (χ3n) is 4.09. The number of sulfonamides is 1. The Morgan fingerprint density at radius 2 is 1.84 bits per heavy atom. The van der Waals surface area contributed by atoms with Crippen molar-refractivity contribution in [3.63, 3.8) is 0 Å². The van der Waals surface area contributed by atoms with E-state index < -0.39 is 15.9 Å². The first-order valence-electron chi connectivity index (χ1n) is 7.95. The van der Waals surface area contributed by atoms with Crippen molar-refractivity contribution < 1.29 is 13.2 Å². The third kappa shape index (κ3) is 4.00. The number of nitrogens with zero attached hydrogens (tertiary/aromatic N) is 2. The smallest absolute Gasteiger partial charge is 0.253 e. The van der Waals surface area contributed by atoms with Gasteiger partial charge in [-0.05, 0) is 48.7 Å². The Kier molecular flexibility index (Phi) is 5.36. The number of halogens is 1. The summed E-state index contributed by atoms with van der Waals surface area (Å²) in [6.07, 6.45) is 4.98. The lowest BCUT2D eigenvalue weighted by Crippen LogP contribution is -2.28. The number of carbonyl (C=O) groups is 1. The Labute approximate surface area is 151 Å². The monoisotopic (exact) mass is 379 g/mol. The summed E-state index contributed by atoms with van der Waals surface area (Å²) in [7, 11) is -3.59. The molecule has 25 heavy (non-hydrogen) atoms. The van der Waals surface area contributed by atoms with Crippen LogP contribution in [-0.4, -0.2) is 36.7 Å². The highest BCUT2D eigenvalue weighted by molar-refractivity contribution is 7.89. The molecule has 1 fully saturated rings. The molecule has 1 saturated heterocycles. The summed E-state index contributed by atoms with van der Waals surface area (Å²) in [5.74, 6) is -0.416. The van der Waals surface area contributed by atoms with Gasteiger partial charge in [0.25, 0.3) is 5.91 Å². The van der Waals surface area contributed by atoms with Gasteiger partial charge < -0.3 is 5.32 Å². The third-order valence-corrected chi connectivity index (χ3v) is 6.31. The van der Waals surface area contributed by atoms with Crippen molar-refractivity contribution in [3.05, 3.63) is 58.9 Å². The number of amides is 1. The highest BCUT2D eigenvalue weighted by Crippen LogP contribution is 2.25. The number of pyridine rings is 1. The molecular formula is C17H18ClN3O3S. The molecule has 1 aromatic heterocycles. The molecule has 0 saturated carbocycles. The van der Waals surface area contributed by atoms with Gasteiger partial charge in [-0.2, -0.15) is 4.31 Å². The van der Waals surface area contributed by atoms with Gasteiger partial charge in [-0.25, -0.2) is 8.42 Å². The second kappa shape index (κ2) is 7.51. The molecule has 0 atom stereocenters. The highest BCUT2D eigenvalue weighted by Gasteiger charge is 2.28. The Morgan fingerprint density at radius 1 is 1.16 bits per heavy atom. The largest absolute Gasteiger partial charge is 0.348 e. The number of carbonyl (C=O) groups excluding carboxylic acids is 1. The minimum absolute atomic E-state index is 0.0906. The first kappa shape index (κ1) is 17.8. The fourth-order valence-corrected chi connectivity index (χ4v) is 4.44. The van der Waals surface area contributed by atoms with Crippen LogP contribution in [-0.2, 0) is 16.6 Å². The van der Waals surface area contributed by atoms with Crippen molar-refractivity contribution in [1.82, 2.24) is 14.6 Å². The van der Waals surface area contributed by atoms with Crippen LogP contribution in [0.3, 0.4) is 0 Å². The maximum absolute atomic E-state index is 12.6. The first-order chi connectivity index (χ1) is 12.0. The molecule has 2 aromatic rings. The summed E-state index contributed by atoms with van der Waals surface area (Å²) in [6, 6.07) is 7.81. The van der Waals surface area contributed by atoms with E-state index >= 15 is 0 Å². The van der Waals surface area contributed by atoms with E-state index in [2.05, 4.69) is 10.3 Å². The molecule has 0 unspecified atom stereocenters. The number of rotatable bonds is 5. The van der Waals surface area contributed by atoms with Gasteiger partial charge in [-0.1, -0.05) is 11.6 Å². The van der Waals surface area contributed by atoms with Crippen molar-refractivity contribution in [1.29, 1.82) is 0 Å². The second-order valence-electron chi connectivity index (χ2n) is 5.79. The van der Waals surface area contributed by atoms with Crippen molar-refractivity contribution in [2.24, 2.45) is 0 Å². The fourth-order valence-electron chi connectivity index (χ4n) is 2.69. The van der Waals surface area contributed by atoms with Crippen molar-refractivity contribution >= 4 is 27.5 Å². The minimum atomic E-state index is -3.59. The van der Waals surface area contributed by atoms with Gasteiger partial charge >= 0.3 is 0 Å². The Bertz CT molecular complexity index is 866. The van der Waals surface area contributed by atoms with Gasteiger partial charge in [0.05, 0.1) is 15.5 Å². The van der Waals surface area contributed by atoms with Gasteiger partial charge in [0.15, 0.2) is 0 Å². The van der Waals surface area contributed by atoms with E-state index in [1.165, 1.54) is 22.5 Å². The molecule has 6 nitrogen and oxygen atoms in total. The molecule has 0 aliphatic carbocycles. The molecule has 2 heterocycles. The molecule has 0 bridgehead atoms. The topological polar surface area (TPSA) is 79.4 Å². The summed E-state index contributed by atoms with van der Waals surface area (Å²) in [5.41, 5.74) is 1.04. The number of benzene rings is 1. The van der Waals surface area contributed by atoms with E-state index in [-0.39, 0.29) is 15.5 Å². The van der Waals surface area contributed by atoms with Gasteiger partial charge in [0.2, 0.25) is 10.0 Å². The predicted octanol–water partition coefficient (Wildman–Crippen LogP) is 2.45. The van der Waals surface area contributed by atoms with E-state index in [1.54, 1.807) is 24.5 Å². The van der Waals surface area contributed by atoms with Crippen LogP contribution in [0, 0.1) is 0 Å². The molecule has 0 spiro atoms. The number of aromatic nitrogens is 1. The zero-order valence-corrected chi connectivity index (χ0v) is 15.1. The van der Waals surface area contributed by atoms with E-state index in [0.29, 0.717) is 19.6 Å². The molecule has 8 heteroatoms. The predicted molar refractivity (Wildman–Crippen MR) is 94.9 cm³/mol. The molecule has 1 aliphatic heterocycles. The lowest BCUT2D eigenvalue weighted by molar-refractivity contribution is 0.0951. The number of hydrogen-bond donors (Lipinski definition) is 1. The second-order valence-corrected chi connectivity index (χ2v) is 8.14. The average molecular weight is 380 g/mol. The normalized spacial score (nSPS) is 15.2. The van der Waals surface area contributed by atoms with Gasteiger partial charge in [-0.3, -0.25) is 9.78 Å². The van der Waals surface area contributed by atoms with E-state index in [1.807, 2.05) is 0 Å². The number of hydrogen-bond acceptors (Lipinski definition) is 4. The summed E-state index contributed by atoms with van der Waals surface area (Å²) >= 11 is 6.10. The highest BCUT2D eigenvalue weighted by atomic mass is 35.5. The van der Waals surface area contributed by atoms with Crippen LogP contribution < -0.4 is 5.32 Å². The van der Waals surface area contributed by atoms with Crippen molar-refractivity contribution in [2.75, 3.05) is 13.1 Å². The van der Waals surface area contributed by atoms with Crippen LogP contribution in [0.5, 0.6) is 0 Å². The maximum atomic E-state index is 12.6. The van der Waals surface area contributed by atoms with Crippen LogP contribution in [0.1, 0.15) is 28.8 Å². The van der Waals surface area contributed by atoms with E-state index in [9.17, 15) is 13.2 Å². The molecule has 1 amide bonds. The lowest BCUT2D eigenvalue weighted by Gasteiger charge is -2.16. The fraction of sp³-hybridized carbons (Fsp3) is 0.294. The van der Waals surface area contributed by atoms with Gasteiger partial charge in [-0.15, -0.1) is 0 Å². The van der Waals surface area contributed by atoms with Crippen LogP contribution in [0.2, 0.25) is 5.02 Å². The van der Waals surface area contributed by atoms with Crippen LogP contribution in [0.15, 0.2) is 47.6 Å². The lowest BCUT2D eigenvalue weighted by atomic mass is 10.2. The summed E-state index contributed by atoms with van der Waals surface area (Å²) in [5, 5.41) is 2.96. The molecule has 1 aromatic carbocycles. The zero-order chi connectivity index (χ0) is 17.9. The van der Waals surface area contributed by atoms with Crippen molar-refractivity contribution in [2.45, 2.75) is 24.3 Å². The van der Waals surface area contributed by atoms with Crippen LogP contribution in [0.25, 0.3) is 0 Å². The standard InChI is InChI=1S/C17H18ClN3O3S/c18-16-4-3-14(25(23,24)21-9-1-2-10-21)11-15(16)17(22)20-12-13-5-7-19-8-6-13/h3-8,11H,1-2,9-10,12H2,(H,20,22). The summed E-state index contributed by atoms with van der Waals surface area (Å²) in [6.45, 7) is 1.32. The molecule has 1 N–H and O–H groups in total. The Hall–Kier alpha value is -1.96. The van der Waals surface area contributed by atoms with E-state index in [0.717, 1.165) is 18.4 Å². The molecule has 1 aliphatic rings. The van der Waals surface area contributed by atoms with Crippen LogP contribution in [0.4, 0.5) is 0 Å². The SMILES string of the molecule is O=C(NCc1ccncc1)c1cc(S(=O)(=O)N2CCCC2)ccc1Cl. The minimum Gasteiger partial charge on any atom is -0.348 e. The Balaban J connectivity index is 1.80. The Morgan fingerprint density at radius 3 is 2.52 bits per heavy atom. The molecule has 3 rings (SSSR count). The van der Waals surface area contributed by atoms with Crippen LogP contribution >= 0.6 is 11.6 Å². The zero-order valence-electron chi connectivity index (χ0n) is 13.5. The van der Waals surface area contributed by atoms with Gasteiger partial charge in [0.1, 0.15) is 0 Å². The number of nitrogens with one attached hydrogen (secondary N) is 1. The average Bonchev–Trinajstić information content (AvgIpc) is 3.16. The molecule has 0 radical (unpaired) electrons. The van der Waals surface area contributed by atoms with Gasteiger partial charge in [0, 0.05) is 32.0 Å². The summed E-state index contributed by atoms with van der Waals surface area (Å²) in [4.78, 5) is 16.4. The molecular weight excluding hydrogens is 362 g/mol. The molecule has 132 valence electrons. The van der Waals surface area contributed by atoms with E-state index in [4.69, 9.17) is 11.6 Å². The maximum Gasteiger partial charge on any atom is 0.253 e.